The van der Waals surface area contributed by atoms with Gasteiger partial charge in [0.25, 0.3) is 0 Å². The Balaban J connectivity index is 1.49. The predicted molar refractivity (Wildman–Crippen MR) is 118 cm³/mol. The minimum atomic E-state index is 0.357. The minimum absolute atomic E-state index is 0.357. The fourth-order valence-corrected chi connectivity index (χ4v) is 8.30. The van der Waals surface area contributed by atoms with Crippen molar-refractivity contribution in [3.63, 3.8) is 0 Å². The van der Waals surface area contributed by atoms with Gasteiger partial charge in [0.2, 0.25) is 0 Å². The van der Waals surface area contributed by atoms with Gasteiger partial charge in [-0.15, -0.1) is 0 Å². The topological polar surface area (TPSA) is 0 Å². The second-order valence-electron chi connectivity index (χ2n) is 11.6. The maximum absolute atomic E-state index is 8.10. The van der Waals surface area contributed by atoms with Gasteiger partial charge in [-0.05, 0) is 91.3 Å². The normalized spacial score (nSPS) is 45.3. The molecule has 0 nitrogen and oxygen atoms in total. The predicted octanol–water partition coefficient (Wildman–Crippen LogP) is 8.19. The zero-order valence-corrected chi connectivity index (χ0v) is 18.7. The lowest BCUT2D eigenvalue weighted by atomic mass is 9.47. The third-order valence-corrected chi connectivity index (χ3v) is 9.84. The quantitative estimate of drug-likeness (QED) is 0.457. The zero-order chi connectivity index (χ0) is 20.1. The lowest BCUT2D eigenvalue weighted by molar-refractivity contribution is -0.0547. The third kappa shape index (κ3) is 3.28. The molecule has 0 aromatic heterocycles. The summed E-state index contributed by atoms with van der Waals surface area (Å²) in [6, 6.07) is 0.766. The van der Waals surface area contributed by atoms with Crippen LogP contribution in [0.3, 0.4) is 0 Å². The van der Waals surface area contributed by atoms with Crippen LogP contribution in [-0.2, 0) is 0 Å². The monoisotopic (exact) mass is 370 g/mol. The Morgan fingerprint density at radius 1 is 1.07 bits per heavy atom. The molecular formula is C27H44. The Hall–Kier alpha value is -0.520. The summed E-state index contributed by atoms with van der Waals surface area (Å²) in [5, 5.41) is 0. The summed E-state index contributed by atoms with van der Waals surface area (Å²) >= 11 is 0. The number of fused-ring (bicyclic) bond motifs is 5. The maximum atomic E-state index is 8.10. The Labute approximate surface area is 170 Å². The molecular weight excluding hydrogens is 324 g/mol. The molecule has 0 radical (unpaired) electrons. The molecule has 0 heteroatoms. The molecule has 4 rings (SSSR count). The number of hydrogen-bond donors (Lipinski definition) is 0. The van der Waals surface area contributed by atoms with E-state index >= 15 is 0 Å². The van der Waals surface area contributed by atoms with Crippen LogP contribution in [0.25, 0.3) is 0 Å². The standard InChI is InChI=1S/C27H44/c1-19(2)9-8-10-20(3)23-14-15-24-22-13-12-21-11-6-7-17-26(21,4)25(22)16-18-27(23,24)5/h6-7,11,19-20,22-25H,8-10,12-18H2,1-5H3/t20-,22+,23-,24+,25+,26+,27-/m1/s1/i6T. The molecule has 0 aliphatic heterocycles. The van der Waals surface area contributed by atoms with Crippen LogP contribution in [0.4, 0.5) is 0 Å². The van der Waals surface area contributed by atoms with E-state index in [2.05, 4.69) is 46.8 Å². The second-order valence-corrected chi connectivity index (χ2v) is 11.6. The van der Waals surface area contributed by atoms with Crippen molar-refractivity contribution in [3.05, 3.63) is 23.8 Å². The van der Waals surface area contributed by atoms with Crippen molar-refractivity contribution in [2.45, 2.75) is 98.8 Å². The summed E-state index contributed by atoms with van der Waals surface area (Å²) in [5.74, 6) is 5.49. The van der Waals surface area contributed by atoms with Crippen LogP contribution in [0.15, 0.2) is 23.8 Å². The van der Waals surface area contributed by atoms with Gasteiger partial charge in [-0.3, -0.25) is 0 Å². The first-order valence-corrected chi connectivity index (χ1v) is 12.1. The third-order valence-electron chi connectivity index (χ3n) is 9.84. The lowest BCUT2D eigenvalue weighted by Gasteiger charge is -2.58. The molecule has 0 amide bonds. The summed E-state index contributed by atoms with van der Waals surface area (Å²) in [7, 11) is 0. The van der Waals surface area contributed by atoms with Gasteiger partial charge in [-0.1, -0.05) is 77.7 Å². The molecule has 0 bridgehead atoms. The highest BCUT2D eigenvalue weighted by Crippen LogP contribution is 2.67. The summed E-state index contributed by atoms with van der Waals surface area (Å²) < 4.78 is 8.10. The summed E-state index contributed by atoms with van der Waals surface area (Å²) in [4.78, 5) is 0. The van der Waals surface area contributed by atoms with Crippen molar-refractivity contribution in [1.29, 1.82) is 0 Å². The summed E-state index contributed by atoms with van der Waals surface area (Å²) in [5.41, 5.74) is 2.57. The minimum Gasteiger partial charge on any atom is -0.0837 e. The van der Waals surface area contributed by atoms with Gasteiger partial charge in [-0.25, -0.2) is 0 Å². The highest BCUT2D eigenvalue weighted by molar-refractivity contribution is 5.30. The van der Waals surface area contributed by atoms with E-state index in [4.69, 9.17) is 1.37 Å². The SMILES string of the molecule is [3H]C1=CC[C@@]2(C)C(=C1)CC[C@H]1[C@@H]3CC[C@H]([C@H](C)CCCC(C)C)[C@@]3(C)CC[C@@H]12. The molecule has 3 saturated carbocycles. The first-order valence-electron chi connectivity index (χ1n) is 12.6. The molecule has 0 aromatic rings. The Bertz CT molecular complexity index is 643. The lowest BCUT2D eigenvalue weighted by Crippen LogP contribution is -2.50. The van der Waals surface area contributed by atoms with Crippen LogP contribution in [0.5, 0.6) is 0 Å². The molecule has 7 atom stereocenters. The van der Waals surface area contributed by atoms with Gasteiger partial charge in [0.15, 0.2) is 0 Å². The second kappa shape index (κ2) is 7.38. The Morgan fingerprint density at radius 3 is 2.67 bits per heavy atom. The van der Waals surface area contributed by atoms with Crippen LogP contribution in [-0.4, -0.2) is 0 Å². The molecule has 0 N–H and O–H groups in total. The van der Waals surface area contributed by atoms with Gasteiger partial charge < -0.3 is 0 Å². The highest BCUT2D eigenvalue weighted by atomic mass is 14.6. The van der Waals surface area contributed by atoms with E-state index in [1.165, 1.54) is 57.8 Å². The molecule has 0 unspecified atom stereocenters. The van der Waals surface area contributed by atoms with Gasteiger partial charge in [-0.2, -0.15) is 0 Å². The van der Waals surface area contributed by atoms with Gasteiger partial charge in [0, 0.05) is 0 Å². The van der Waals surface area contributed by atoms with E-state index in [1.54, 1.807) is 5.57 Å². The Morgan fingerprint density at radius 2 is 1.89 bits per heavy atom. The van der Waals surface area contributed by atoms with E-state index in [-0.39, 0.29) is 0 Å². The van der Waals surface area contributed by atoms with Crippen LogP contribution < -0.4 is 0 Å². The van der Waals surface area contributed by atoms with Crippen LogP contribution in [0.1, 0.15) is 100 Å². The fraction of sp³-hybridized carbons (Fsp3) is 0.852. The molecule has 27 heavy (non-hydrogen) atoms. The van der Waals surface area contributed by atoms with Crippen molar-refractivity contribution in [2.75, 3.05) is 0 Å². The average Bonchev–Trinajstić information content (AvgIpc) is 2.99. The van der Waals surface area contributed by atoms with E-state index in [0.717, 1.165) is 48.0 Å². The molecule has 4 aliphatic carbocycles. The highest BCUT2D eigenvalue weighted by Gasteiger charge is 2.58. The van der Waals surface area contributed by atoms with E-state index < -0.39 is 0 Å². The first kappa shape index (κ1) is 18.5. The molecule has 3 fully saturated rings. The number of hydrogen-bond acceptors (Lipinski definition) is 0. The molecule has 152 valence electrons. The molecule has 0 spiro atoms. The van der Waals surface area contributed by atoms with Crippen molar-refractivity contribution in [1.82, 2.24) is 0 Å². The summed E-state index contributed by atoms with van der Waals surface area (Å²) in [6.45, 7) is 12.6. The average molecular weight is 371 g/mol. The molecule has 0 aromatic carbocycles. The summed E-state index contributed by atoms with van der Waals surface area (Å²) in [6.07, 6.45) is 18.4. The van der Waals surface area contributed by atoms with Crippen molar-refractivity contribution in [2.24, 2.45) is 46.3 Å². The number of allylic oxidation sites excluding steroid dienone is 4. The zero-order valence-electron chi connectivity index (χ0n) is 19.7. The van der Waals surface area contributed by atoms with Crippen LogP contribution >= 0.6 is 0 Å². The maximum Gasteiger partial charge on any atom is 0.0619 e. The number of rotatable bonds is 5. The van der Waals surface area contributed by atoms with Crippen LogP contribution in [0.2, 0.25) is 0 Å². The van der Waals surface area contributed by atoms with Gasteiger partial charge in [0.05, 0.1) is 1.37 Å². The van der Waals surface area contributed by atoms with E-state index in [1.807, 2.05) is 0 Å². The Kier molecular flexibility index (Phi) is 5.06. The van der Waals surface area contributed by atoms with Gasteiger partial charge >= 0.3 is 0 Å². The van der Waals surface area contributed by atoms with Gasteiger partial charge in [0.1, 0.15) is 0 Å². The molecule has 0 heterocycles. The largest absolute Gasteiger partial charge is 0.0837 e. The molecule has 0 saturated heterocycles. The van der Waals surface area contributed by atoms with Crippen molar-refractivity contribution >= 4 is 0 Å². The van der Waals surface area contributed by atoms with Crippen molar-refractivity contribution in [3.8, 4) is 0 Å². The first-order chi connectivity index (χ1) is 13.3. The van der Waals surface area contributed by atoms with Crippen LogP contribution in [0, 0.1) is 46.3 Å². The van der Waals surface area contributed by atoms with Crippen molar-refractivity contribution < 1.29 is 1.37 Å². The van der Waals surface area contributed by atoms with E-state index in [0.29, 0.717) is 10.8 Å². The smallest absolute Gasteiger partial charge is 0.0619 e. The fourth-order valence-electron chi connectivity index (χ4n) is 8.30. The molecule has 4 aliphatic rings. The van der Waals surface area contributed by atoms with E-state index in [9.17, 15) is 0 Å².